The molecule has 0 saturated heterocycles. The Labute approximate surface area is 141 Å². The van der Waals surface area contributed by atoms with Crippen LogP contribution in [0.4, 0.5) is 0 Å². The highest BCUT2D eigenvalue weighted by atomic mass is 79.9. The molecule has 0 spiro atoms. The summed E-state index contributed by atoms with van der Waals surface area (Å²) in [4.78, 5) is 23.2. The van der Waals surface area contributed by atoms with Gasteiger partial charge in [-0.25, -0.2) is 4.79 Å². The lowest BCUT2D eigenvalue weighted by atomic mass is 10.1. The van der Waals surface area contributed by atoms with Crippen LogP contribution in [0.1, 0.15) is 39.8 Å². The molecule has 0 bridgehead atoms. The third-order valence-corrected chi connectivity index (χ3v) is 4.53. The first-order valence-electron chi connectivity index (χ1n) is 7.31. The van der Waals surface area contributed by atoms with Gasteiger partial charge in [-0.05, 0) is 43.0 Å². The summed E-state index contributed by atoms with van der Waals surface area (Å²) >= 11 is 3.44. The summed E-state index contributed by atoms with van der Waals surface area (Å²) in [5, 5.41) is 11.8. The van der Waals surface area contributed by atoms with Gasteiger partial charge in [0.1, 0.15) is 17.1 Å². The first kappa shape index (κ1) is 15.8. The number of hydrogen-bond donors (Lipinski definition) is 2. The summed E-state index contributed by atoms with van der Waals surface area (Å²) < 4.78 is 6.36. The molecular formula is C17H16BrNO4. The average molecular weight is 378 g/mol. The Hall–Kier alpha value is -2.08. The second-order valence-corrected chi connectivity index (χ2v) is 6.62. The highest BCUT2D eigenvalue weighted by molar-refractivity contribution is 9.10. The molecule has 3 rings (SSSR count). The van der Waals surface area contributed by atoms with Crippen molar-refractivity contribution in [1.29, 1.82) is 0 Å². The third-order valence-electron chi connectivity index (χ3n) is 4.04. The molecule has 2 N–H and O–H groups in total. The number of hydrogen-bond acceptors (Lipinski definition) is 3. The van der Waals surface area contributed by atoms with E-state index in [0.29, 0.717) is 11.5 Å². The zero-order chi connectivity index (χ0) is 16.6. The predicted molar refractivity (Wildman–Crippen MR) is 87.2 cm³/mol. The molecule has 1 saturated carbocycles. The van der Waals surface area contributed by atoms with E-state index in [-0.39, 0.29) is 29.9 Å². The molecule has 2 atom stereocenters. The Balaban J connectivity index is 1.57. The smallest absolute Gasteiger partial charge is 0.339 e. The maximum Gasteiger partial charge on any atom is 0.339 e. The molecule has 2 aromatic rings. The van der Waals surface area contributed by atoms with E-state index in [1.54, 1.807) is 6.92 Å². The van der Waals surface area contributed by atoms with E-state index in [4.69, 9.17) is 9.52 Å². The quantitative estimate of drug-likeness (QED) is 0.835. The van der Waals surface area contributed by atoms with E-state index in [0.717, 1.165) is 16.5 Å². The van der Waals surface area contributed by atoms with Crippen molar-refractivity contribution in [1.82, 2.24) is 5.32 Å². The Kier molecular flexibility index (Phi) is 4.26. The fourth-order valence-electron chi connectivity index (χ4n) is 2.74. The van der Waals surface area contributed by atoms with E-state index in [2.05, 4.69) is 21.2 Å². The zero-order valence-electron chi connectivity index (χ0n) is 12.5. The van der Waals surface area contributed by atoms with Crippen molar-refractivity contribution >= 4 is 27.8 Å². The minimum atomic E-state index is -1.03. The van der Waals surface area contributed by atoms with Crippen LogP contribution in [0.25, 0.3) is 0 Å². The lowest BCUT2D eigenvalue weighted by Crippen LogP contribution is -2.24. The largest absolute Gasteiger partial charge is 0.478 e. The highest BCUT2D eigenvalue weighted by Gasteiger charge is 2.43. The number of aryl methyl sites for hydroxylation is 1. The Bertz CT molecular complexity index is 768. The Morgan fingerprint density at radius 1 is 1.39 bits per heavy atom. The molecule has 1 aromatic carbocycles. The lowest BCUT2D eigenvalue weighted by molar-refractivity contribution is -0.122. The average Bonchev–Trinajstić information content (AvgIpc) is 3.21. The minimum Gasteiger partial charge on any atom is -0.478 e. The van der Waals surface area contributed by atoms with Gasteiger partial charge in [-0.2, -0.15) is 0 Å². The van der Waals surface area contributed by atoms with Crippen molar-refractivity contribution < 1.29 is 19.1 Å². The van der Waals surface area contributed by atoms with Crippen molar-refractivity contribution in [2.45, 2.75) is 25.8 Å². The van der Waals surface area contributed by atoms with Gasteiger partial charge in [0.15, 0.2) is 0 Å². The maximum absolute atomic E-state index is 12.2. The number of carbonyl (C=O) groups excluding carboxylic acids is 1. The van der Waals surface area contributed by atoms with Crippen molar-refractivity contribution in [3.05, 3.63) is 57.5 Å². The van der Waals surface area contributed by atoms with Gasteiger partial charge in [-0.1, -0.05) is 28.1 Å². The second kappa shape index (κ2) is 6.20. The Morgan fingerprint density at radius 3 is 2.83 bits per heavy atom. The summed E-state index contributed by atoms with van der Waals surface area (Å²) in [6, 6.07) is 9.44. The number of furan rings is 1. The van der Waals surface area contributed by atoms with Gasteiger partial charge in [0.25, 0.3) is 0 Å². The summed E-state index contributed by atoms with van der Waals surface area (Å²) in [6.07, 6.45) is 0.833. The van der Waals surface area contributed by atoms with Crippen molar-refractivity contribution in [3.63, 3.8) is 0 Å². The third kappa shape index (κ3) is 3.47. The standard InChI is InChI=1S/C17H16BrNO4/c1-9-13(17(21)22)6-12(23-9)8-19-16(20)15-7-14(15)10-3-2-4-11(18)5-10/h2-6,14-15H,7-8H2,1H3,(H,19,20)(H,21,22). The number of amides is 1. The minimum absolute atomic E-state index is 0.0269. The molecule has 1 aliphatic rings. The molecule has 120 valence electrons. The van der Waals surface area contributed by atoms with Crippen LogP contribution >= 0.6 is 15.9 Å². The molecule has 1 fully saturated rings. The van der Waals surface area contributed by atoms with Crippen LogP contribution < -0.4 is 5.32 Å². The van der Waals surface area contributed by atoms with Gasteiger partial charge in [-0.3, -0.25) is 4.79 Å². The molecule has 0 radical (unpaired) electrons. The first-order valence-corrected chi connectivity index (χ1v) is 8.11. The lowest BCUT2D eigenvalue weighted by Gasteiger charge is -2.03. The topological polar surface area (TPSA) is 79.5 Å². The molecule has 1 amide bonds. The van der Waals surface area contributed by atoms with Crippen molar-refractivity contribution in [2.24, 2.45) is 5.92 Å². The van der Waals surface area contributed by atoms with Crippen LogP contribution in [0.3, 0.4) is 0 Å². The molecular weight excluding hydrogens is 362 g/mol. The first-order chi connectivity index (χ1) is 11.0. The number of aromatic carboxylic acids is 1. The normalized spacial score (nSPS) is 19.4. The molecule has 23 heavy (non-hydrogen) atoms. The van der Waals surface area contributed by atoms with Gasteiger partial charge < -0.3 is 14.8 Å². The fourth-order valence-corrected chi connectivity index (χ4v) is 3.16. The number of halogens is 1. The number of carbonyl (C=O) groups is 2. The van der Waals surface area contributed by atoms with E-state index >= 15 is 0 Å². The van der Waals surface area contributed by atoms with Gasteiger partial charge in [0, 0.05) is 10.4 Å². The van der Waals surface area contributed by atoms with Gasteiger partial charge >= 0.3 is 5.97 Å². The van der Waals surface area contributed by atoms with Crippen LogP contribution in [-0.2, 0) is 11.3 Å². The monoisotopic (exact) mass is 377 g/mol. The summed E-state index contributed by atoms with van der Waals surface area (Å²) in [7, 11) is 0. The number of carboxylic acids is 1. The number of nitrogens with one attached hydrogen (secondary N) is 1. The number of rotatable bonds is 5. The summed E-state index contributed by atoms with van der Waals surface area (Å²) in [6.45, 7) is 1.80. The summed E-state index contributed by atoms with van der Waals surface area (Å²) in [5.41, 5.74) is 1.29. The molecule has 0 aliphatic heterocycles. The van der Waals surface area contributed by atoms with Crippen molar-refractivity contribution in [3.8, 4) is 0 Å². The van der Waals surface area contributed by atoms with Gasteiger partial charge in [0.05, 0.1) is 6.54 Å². The van der Waals surface area contributed by atoms with E-state index < -0.39 is 5.97 Å². The number of benzene rings is 1. The fraction of sp³-hybridized carbons (Fsp3) is 0.294. The van der Waals surface area contributed by atoms with Crippen molar-refractivity contribution in [2.75, 3.05) is 0 Å². The highest BCUT2D eigenvalue weighted by Crippen LogP contribution is 2.47. The molecule has 6 heteroatoms. The van der Waals surface area contributed by atoms with Crippen LogP contribution in [0.2, 0.25) is 0 Å². The van der Waals surface area contributed by atoms with E-state index in [1.807, 2.05) is 24.3 Å². The van der Waals surface area contributed by atoms with Gasteiger partial charge in [0.2, 0.25) is 5.91 Å². The van der Waals surface area contributed by atoms with Crippen LogP contribution in [-0.4, -0.2) is 17.0 Å². The molecule has 2 unspecified atom stereocenters. The second-order valence-electron chi connectivity index (χ2n) is 5.71. The number of carboxylic acid groups (broad SMARTS) is 1. The molecule has 1 aromatic heterocycles. The van der Waals surface area contributed by atoms with E-state index in [1.165, 1.54) is 6.07 Å². The maximum atomic E-state index is 12.2. The summed E-state index contributed by atoms with van der Waals surface area (Å²) in [5.74, 6) is -0.0329. The van der Waals surface area contributed by atoms with Crippen LogP contribution in [0.15, 0.2) is 39.2 Å². The molecule has 1 heterocycles. The van der Waals surface area contributed by atoms with Crippen LogP contribution in [0, 0.1) is 12.8 Å². The Morgan fingerprint density at radius 2 is 2.17 bits per heavy atom. The molecule has 5 nitrogen and oxygen atoms in total. The predicted octanol–water partition coefficient (Wildman–Crippen LogP) is 3.47. The zero-order valence-corrected chi connectivity index (χ0v) is 14.1. The van der Waals surface area contributed by atoms with E-state index in [9.17, 15) is 9.59 Å². The van der Waals surface area contributed by atoms with Crippen LogP contribution in [0.5, 0.6) is 0 Å². The van der Waals surface area contributed by atoms with Gasteiger partial charge in [-0.15, -0.1) is 0 Å². The SMILES string of the molecule is Cc1oc(CNC(=O)C2CC2c2cccc(Br)c2)cc1C(=O)O. The molecule has 1 aliphatic carbocycles.